The molecule has 0 fully saturated rings. The van der Waals surface area contributed by atoms with Crippen molar-refractivity contribution in [2.24, 2.45) is 0 Å². The van der Waals surface area contributed by atoms with E-state index in [-0.39, 0.29) is 17.7 Å². The van der Waals surface area contributed by atoms with Gasteiger partial charge in [0.25, 0.3) is 5.91 Å². The summed E-state index contributed by atoms with van der Waals surface area (Å²) in [4.78, 5) is 28.6. The van der Waals surface area contributed by atoms with Crippen LogP contribution in [0.3, 0.4) is 0 Å². The van der Waals surface area contributed by atoms with Gasteiger partial charge in [-0.15, -0.1) is 0 Å². The number of ether oxygens (including phenoxy) is 1. The van der Waals surface area contributed by atoms with E-state index in [4.69, 9.17) is 16.3 Å². The third-order valence-corrected chi connectivity index (χ3v) is 6.54. The summed E-state index contributed by atoms with van der Waals surface area (Å²) < 4.78 is 62.4. The summed E-state index contributed by atoms with van der Waals surface area (Å²) >= 11 is 6.00. The van der Waals surface area contributed by atoms with Crippen molar-refractivity contribution < 1.29 is 31.9 Å². The summed E-state index contributed by atoms with van der Waals surface area (Å²) in [6, 6.07) is 11.6. The van der Waals surface area contributed by atoms with E-state index in [9.17, 15) is 27.2 Å². The predicted octanol–water partition coefficient (Wildman–Crippen LogP) is 6.95. The Labute approximate surface area is 216 Å². The smallest absolute Gasteiger partial charge is 0.409 e. The quantitative estimate of drug-likeness (QED) is 0.333. The van der Waals surface area contributed by atoms with Gasteiger partial charge in [0.05, 0.1) is 18.8 Å². The molecule has 0 radical (unpaired) electrons. The van der Waals surface area contributed by atoms with Crippen LogP contribution >= 0.6 is 11.6 Å². The van der Waals surface area contributed by atoms with Crippen molar-refractivity contribution in [1.29, 1.82) is 0 Å². The Balaban J connectivity index is 1.93. The van der Waals surface area contributed by atoms with Crippen LogP contribution in [0, 0.1) is 5.82 Å². The maximum Gasteiger partial charge on any atom is 0.409 e. The molecule has 5 nitrogen and oxygen atoms in total. The van der Waals surface area contributed by atoms with E-state index in [1.54, 1.807) is 31.2 Å². The molecule has 1 aliphatic rings. The van der Waals surface area contributed by atoms with Crippen LogP contribution in [0.1, 0.15) is 41.7 Å². The molecular weight excluding hydrogens is 512 g/mol. The van der Waals surface area contributed by atoms with Crippen molar-refractivity contribution in [2.45, 2.75) is 38.0 Å². The highest BCUT2D eigenvalue weighted by molar-refractivity contribution is 6.30. The average molecular weight is 535 g/mol. The van der Waals surface area contributed by atoms with Gasteiger partial charge in [-0.3, -0.25) is 14.5 Å². The number of alkyl halides is 3. The van der Waals surface area contributed by atoms with Crippen molar-refractivity contribution in [3.8, 4) is 5.75 Å². The number of carbonyl (C=O) groups is 2. The zero-order chi connectivity index (χ0) is 26.9. The Kier molecular flexibility index (Phi) is 7.45. The fourth-order valence-electron chi connectivity index (χ4n) is 4.53. The number of nitrogens with zero attached hydrogens (tertiary/aromatic N) is 2. The molecule has 0 saturated heterocycles. The van der Waals surface area contributed by atoms with Gasteiger partial charge in [-0.05, 0) is 66.7 Å². The third-order valence-electron chi connectivity index (χ3n) is 6.29. The highest BCUT2D eigenvalue weighted by Crippen LogP contribution is 2.48. The first-order valence-electron chi connectivity index (χ1n) is 11.5. The molecule has 0 unspecified atom stereocenters. The summed E-state index contributed by atoms with van der Waals surface area (Å²) in [5.41, 5.74) is 0.563. The molecule has 1 aliphatic heterocycles. The number of carbonyl (C=O) groups excluding carboxylic acids is 2. The minimum atomic E-state index is -4.83. The summed E-state index contributed by atoms with van der Waals surface area (Å²) in [5, 5.41) is 0.405. The molecule has 2 atom stereocenters. The van der Waals surface area contributed by atoms with Crippen LogP contribution in [0.2, 0.25) is 5.02 Å². The highest BCUT2D eigenvalue weighted by atomic mass is 35.5. The Morgan fingerprint density at radius 3 is 2.27 bits per heavy atom. The lowest BCUT2D eigenvalue weighted by Gasteiger charge is -2.45. The van der Waals surface area contributed by atoms with Gasteiger partial charge < -0.3 is 9.64 Å². The lowest BCUT2D eigenvalue weighted by atomic mass is 9.88. The largest absolute Gasteiger partial charge is 0.497 e. The maximum atomic E-state index is 14.5. The van der Waals surface area contributed by atoms with Crippen molar-refractivity contribution in [1.82, 2.24) is 0 Å². The standard InChI is InChI=1S/C27H23ClF4N2O3/c1-3-25(35)33(19-10-6-17(28)7-11-19)23-15-24(27(30,31)32)34(22-13-12-20(37-2)14-21(22)23)26(36)16-4-8-18(29)9-5-16/h4-14,23-24H,3,15H2,1-2H3/t23-,24-/m1/s1. The predicted molar refractivity (Wildman–Crippen MR) is 133 cm³/mol. The number of fused-ring (bicyclic) bond motifs is 1. The second-order valence-electron chi connectivity index (χ2n) is 8.51. The first-order valence-corrected chi connectivity index (χ1v) is 11.8. The number of hydrogen-bond donors (Lipinski definition) is 0. The van der Waals surface area contributed by atoms with Gasteiger partial charge >= 0.3 is 6.18 Å². The first-order chi connectivity index (χ1) is 17.5. The molecule has 0 aromatic heterocycles. The molecule has 0 aliphatic carbocycles. The molecule has 0 spiro atoms. The summed E-state index contributed by atoms with van der Waals surface area (Å²) in [5.74, 6) is -1.61. The normalized spacial score (nSPS) is 17.2. The lowest BCUT2D eigenvalue weighted by molar-refractivity contribution is -0.151. The topological polar surface area (TPSA) is 49.9 Å². The number of halogens is 5. The Hall–Kier alpha value is -3.59. The van der Waals surface area contributed by atoms with Gasteiger partial charge in [-0.2, -0.15) is 13.2 Å². The van der Waals surface area contributed by atoms with E-state index in [2.05, 4.69) is 0 Å². The maximum absolute atomic E-state index is 14.5. The Morgan fingerprint density at radius 2 is 1.70 bits per heavy atom. The molecular formula is C27H23ClF4N2O3. The van der Waals surface area contributed by atoms with Crippen molar-refractivity contribution in [3.05, 3.63) is 88.7 Å². The van der Waals surface area contributed by atoms with Crippen LogP contribution in [0.25, 0.3) is 0 Å². The molecule has 2 amide bonds. The molecule has 1 heterocycles. The van der Waals surface area contributed by atoms with Crippen LogP contribution in [0.5, 0.6) is 5.75 Å². The minimum absolute atomic E-state index is 0.0171. The van der Waals surface area contributed by atoms with Gasteiger partial charge in [0, 0.05) is 34.7 Å². The van der Waals surface area contributed by atoms with Crippen LogP contribution in [0.15, 0.2) is 66.7 Å². The zero-order valence-electron chi connectivity index (χ0n) is 19.9. The third kappa shape index (κ3) is 5.27. The lowest BCUT2D eigenvalue weighted by Crippen LogP contribution is -2.55. The van der Waals surface area contributed by atoms with Crippen LogP contribution in [0.4, 0.5) is 28.9 Å². The van der Waals surface area contributed by atoms with Crippen molar-refractivity contribution in [2.75, 3.05) is 16.9 Å². The fraction of sp³-hybridized carbons (Fsp3) is 0.259. The molecule has 37 heavy (non-hydrogen) atoms. The Morgan fingerprint density at radius 1 is 1.05 bits per heavy atom. The van der Waals surface area contributed by atoms with E-state index < -0.39 is 42.3 Å². The molecule has 4 rings (SSSR count). The molecule has 0 bridgehead atoms. The molecule has 194 valence electrons. The number of hydrogen-bond acceptors (Lipinski definition) is 3. The van der Waals surface area contributed by atoms with Crippen molar-refractivity contribution in [3.63, 3.8) is 0 Å². The second-order valence-corrected chi connectivity index (χ2v) is 8.95. The molecule has 0 N–H and O–H groups in total. The molecule has 10 heteroatoms. The SMILES string of the molecule is CCC(=O)N(c1ccc(Cl)cc1)[C@@H]1C[C@H](C(F)(F)F)N(C(=O)c2ccc(F)cc2)c2ccc(OC)cc21. The molecule has 3 aromatic rings. The van der Waals surface area contributed by atoms with E-state index in [0.717, 1.165) is 24.3 Å². The van der Waals surface area contributed by atoms with Gasteiger partial charge in [-0.1, -0.05) is 18.5 Å². The van der Waals surface area contributed by atoms with E-state index in [1.807, 2.05) is 0 Å². The number of methoxy groups -OCH3 is 1. The van der Waals surface area contributed by atoms with Crippen molar-refractivity contribution >= 4 is 34.8 Å². The number of benzene rings is 3. The Bertz CT molecular complexity index is 1300. The highest BCUT2D eigenvalue weighted by Gasteiger charge is 2.52. The zero-order valence-corrected chi connectivity index (χ0v) is 20.7. The molecule has 3 aromatic carbocycles. The number of rotatable bonds is 5. The molecule has 0 saturated carbocycles. The monoisotopic (exact) mass is 534 g/mol. The van der Waals surface area contributed by atoms with Gasteiger partial charge in [0.1, 0.15) is 17.6 Å². The summed E-state index contributed by atoms with van der Waals surface area (Å²) in [6.45, 7) is 1.62. The number of amides is 2. The summed E-state index contributed by atoms with van der Waals surface area (Å²) in [7, 11) is 1.41. The second kappa shape index (κ2) is 10.4. The van der Waals surface area contributed by atoms with E-state index in [1.165, 1.54) is 30.2 Å². The fourth-order valence-corrected chi connectivity index (χ4v) is 4.66. The van der Waals surface area contributed by atoms with Gasteiger partial charge in [-0.25, -0.2) is 4.39 Å². The van der Waals surface area contributed by atoms with Crippen LogP contribution in [-0.2, 0) is 4.79 Å². The average Bonchev–Trinajstić information content (AvgIpc) is 2.88. The van der Waals surface area contributed by atoms with Gasteiger partial charge in [0.2, 0.25) is 5.91 Å². The van der Waals surface area contributed by atoms with E-state index in [0.29, 0.717) is 26.9 Å². The number of anilines is 2. The first kappa shape index (κ1) is 26.5. The van der Waals surface area contributed by atoms with Gasteiger partial charge in [0.15, 0.2) is 0 Å². The van der Waals surface area contributed by atoms with Crippen LogP contribution in [-0.4, -0.2) is 31.1 Å². The van der Waals surface area contributed by atoms with E-state index >= 15 is 0 Å². The minimum Gasteiger partial charge on any atom is -0.497 e. The van der Waals surface area contributed by atoms with Crippen LogP contribution < -0.4 is 14.5 Å². The summed E-state index contributed by atoms with van der Waals surface area (Å²) in [6.07, 6.45) is -5.41.